The highest BCUT2D eigenvalue weighted by atomic mass is 35.5. The number of ketones is 1. The summed E-state index contributed by atoms with van der Waals surface area (Å²) >= 11 is 8.56. The van der Waals surface area contributed by atoms with Crippen LogP contribution in [0, 0.1) is 5.82 Å². The maximum absolute atomic E-state index is 13.6. The first-order valence-corrected chi connectivity index (χ1v) is 15.6. The molecule has 0 radical (unpaired) electrons. The fourth-order valence-corrected chi connectivity index (χ4v) is 6.44. The zero-order valence-electron chi connectivity index (χ0n) is 23.3. The number of Topliss-reactive ketones (excluding diaryl/α,β-unsaturated/α-hetero) is 1. The summed E-state index contributed by atoms with van der Waals surface area (Å²) in [4.78, 5) is 28.3. The van der Waals surface area contributed by atoms with Gasteiger partial charge in [0.05, 0.1) is 25.3 Å². The van der Waals surface area contributed by atoms with Crippen LogP contribution >= 0.6 is 34.7 Å². The molecule has 1 aliphatic heterocycles. The Morgan fingerprint density at radius 1 is 1.07 bits per heavy atom. The van der Waals surface area contributed by atoms with Gasteiger partial charge in [-0.3, -0.25) is 14.5 Å². The SMILES string of the molecule is CCCCOc1ccc(C2/C(=C(/O)c3ccc(F)cc3)C(=O)C(=O)N2c2nnc(SCc3ccc(Cl)cc3)s2)cc1OC. The van der Waals surface area contributed by atoms with Gasteiger partial charge in [-0.25, -0.2) is 4.39 Å². The molecular formula is C31H27ClFN3O5S2. The van der Waals surface area contributed by atoms with Crippen LogP contribution in [-0.2, 0) is 15.3 Å². The number of thioether (sulfide) groups is 1. The lowest BCUT2D eigenvalue weighted by Crippen LogP contribution is -2.29. The van der Waals surface area contributed by atoms with Crippen LogP contribution in [0.25, 0.3) is 5.76 Å². The number of halogens is 2. The number of rotatable bonds is 11. The molecule has 0 aliphatic carbocycles. The molecule has 1 atom stereocenters. The van der Waals surface area contributed by atoms with Crippen molar-refractivity contribution < 1.29 is 28.6 Å². The Morgan fingerprint density at radius 2 is 1.81 bits per heavy atom. The van der Waals surface area contributed by atoms with Crippen molar-refractivity contribution in [2.45, 2.75) is 35.9 Å². The number of nitrogens with zero attached hydrogens (tertiary/aromatic N) is 3. The number of hydrogen-bond acceptors (Lipinski definition) is 9. The molecule has 1 saturated heterocycles. The summed E-state index contributed by atoms with van der Waals surface area (Å²) in [7, 11) is 1.50. The molecule has 1 aromatic heterocycles. The van der Waals surface area contributed by atoms with Crippen LogP contribution in [0.4, 0.5) is 9.52 Å². The van der Waals surface area contributed by atoms with Gasteiger partial charge in [0.25, 0.3) is 5.78 Å². The molecule has 4 aromatic rings. The van der Waals surface area contributed by atoms with Crippen LogP contribution in [0.15, 0.2) is 76.6 Å². The number of aliphatic hydroxyl groups excluding tert-OH is 1. The average Bonchev–Trinajstić information content (AvgIpc) is 3.59. The Labute approximate surface area is 261 Å². The summed E-state index contributed by atoms with van der Waals surface area (Å²) in [6, 6.07) is 16.5. The molecule has 1 N–H and O–H groups in total. The Kier molecular flexibility index (Phi) is 9.64. The van der Waals surface area contributed by atoms with Crippen molar-refractivity contribution in [2.75, 3.05) is 18.6 Å². The third-order valence-electron chi connectivity index (χ3n) is 6.70. The molecule has 1 amide bonds. The minimum atomic E-state index is -1.06. The first-order valence-electron chi connectivity index (χ1n) is 13.4. The van der Waals surface area contributed by atoms with Gasteiger partial charge >= 0.3 is 5.91 Å². The maximum Gasteiger partial charge on any atom is 0.301 e. The Hall–Kier alpha value is -3.93. The van der Waals surface area contributed by atoms with Crippen molar-refractivity contribution >= 4 is 57.3 Å². The highest BCUT2D eigenvalue weighted by Crippen LogP contribution is 2.45. The molecule has 0 saturated carbocycles. The zero-order valence-corrected chi connectivity index (χ0v) is 25.6. The Bertz CT molecular complexity index is 1660. The van der Waals surface area contributed by atoms with E-state index >= 15 is 0 Å². The predicted octanol–water partition coefficient (Wildman–Crippen LogP) is 7.44. The number of anilines is 1. The van der Waals surface area contributed by atoms with E-state index in [-0.39, 0.29) is 16.3 Å². The molecule has 12 heteroatoms. The summed E-state index contributed by atoms with van der Waals surface area (Å²) in [5.74, 6) is -1.22. The van der Waals surface area contributed by atoms with Gasteiger partial charge < -0.3 is 14.6 Å². The molecule has 0 spiro atoms. The maximum atomic E-state index is 13.6. The smallest absolute Gasteiger partial charge is 0.301 e. The van der Waals surface area contributed by atoms with Crippen molar-refractivity contribution in [3.8, 4) is 11.5 Å². The third-order valence-corrected chi connectivity index (χ3v) is 9.08. The highest BCUT2D eigenvalue weighted by Gasteiger charge is 2.48. The first-order chi connectivity index (χ1) is 20.8. The van der Waals surface area contributed by atoms with Crippen molar-refractivity contribution in [3.05, 3.63) is 99.8 Å². The lowest BCUT2D eigenvalue weighted by atomic mass is 9.95. The number of methoxy groups -OCH3 is 1. The summed E-state index contributed by atoms with van der Waals surface area (Å²) < 4.78 is 25.7. The standard InChI is InChI=1S/C31H27ClFN3O5S2/c1-3-4-15-41-23-14-9-20(16-24(23)40-2)26-25(27(37)19-7-12-22(33)13-8-19)28(38)29(39)36(26)30-34-35-31(43-30)42-17-18-5-10-21(32)11-6-18/h5-14,16,26,37H,3-4,15,17H2,1-2H3/b27-25-. The summed E-state index contributed by atoms with van der Waals surface area (Å²) in [6.07, 6.45) is 1.82. The van der Waals surface area contributed by atoms with Crippen molar-refractivity contribution in [3.63, 3.8) is 0 Å². The van der Waals surface area contributed by atoms with Gasteiger partial charge in [0.2, 0.25) is 5.13 Å². The molecule has 1 fully saturated rings. The third kappa shape index (κ3) is 6.69. The molecular weight excluding hydrogens is 613 g/mol. The second-order valence-corrected chi connectivity index (χ2v) is 12.2. The fourth-order valence-electron chi connectivity index (χ4n) is 4.49. The number of carbonyl (C=O) groups excluding carboxylic acids is 2. The molecule has 222 valence electrons. The van der Waals surface area contributed by atoms with E-state index in [4.69, 9.17) is 21.1 Å². The van der Waals surface area contributed by atoms with E-state index in [9.17, 15) is 19.1 Å². The lowest BCUT2D eigenvalue weighted by Gasteiger charge is -2.23. The molecule has 8 nitrogen and oxygen atoms in total. The van der Waals surface area contributed by atoms with Gasteiger partial charge in [-0.15, -0.1) is 10.2 Å². The molecule has 5 rings (SSSR count). The number of unbranched alkanes of at least 4 members (excludes halogenated alkanes) is 1. The summed E-state index contributed by atoms with van der Waals surface area (Å²) in [5, 5.41) is 20.6. The van der Waals surface area contributed by atoms with Crippen molar-refractivity contribution in [1.29, 1.82) is 0 Å². The summed E-state index contributed by atoms with van der Waals surface area (Å²) in [5.41, 5.74) is 1.53. The van der Waals surface area contributed by atoms with E-state index in [1.165, 1.54) is 48.0 Å². The number of carbonyl (C=O) groups is 2. The second kappa shape index (κ2) is 13.6. The molecule has 1 unspecified atom stereocenters. The Morgan fingerprint density at radius 3 is 2.51 bits per heavy atom. The minimum Gasteiger partial charge on any atom is -0.507 e. The van der Waals surface area contributed by atoms with E-state index in [1.54, 1.807) is 30.3 Å². The Balaban J connectivity index is 1.55. The quantitative estimate of drug-likeness (QED) is 0.0451. The topological polar surface area (TPSA) is 102 Å². The number of benzene rings is 3. The van der Waals surface area contributed by atoms with Crippen LogP contribution in [0.1, 0.15) is 42.5 Å². The number of aliphatic hydroxyl groups is 1. The first kappa shape index (κ1) is 30.5. The molecule has 0 bridgehead atoms. The van der Waals surface area contributed by atoms with Crippen LogP contribution in [0.3, 0.4) is 0 Å². The number of aromatic nitrogens is 2. The van der Waals surface area contributed by atoms with Gasteiger partial charge in [0.1, 0.15) is 11.6 Å². The zero-order chi connectivity index (χ0) is 30.5. The van der Waals surface area contributed by atoms with Gasteiger partial charge in [-0.1, -0.05) is 66.2 Å². The van der Waals surface area contributed by atoms with Crippen molar-refractivity contribution in [2.24, 2.45) is 0 Å². The number of hydrogen-bond donors (Lipinski definition) is 1. The van der Waals surface area contributed by atoms with Gasteiger partial charge in [-0.2, -0.15) is 0 Å². The lowest BCUT2D eigenvalue weighted by molar-refractivity contribution is -0.132. The average molecular weight is 640 g/mol. The molecule has 3 aromatic carbocycles. The van der Waals surface area contributed by atoms with E-state index in [0.29, 0.717) is 38.8 Å². The van der Waals surface area contributed by atoms with Gasteiger partial charge in [-0.05, 0) is 66.1 Å². The molecule has 1 aliphatic rings. The van der Waals surface area contributed by atoms with Crippen LogP contribution in [-0.4, -0.2) is 40.7 Å². The largest absolute Gasteiger partial charge is 0.507 e. The minimum absolute atomic E-state index is 0.163. The van der Waals surface area contributed by atoms with Crippen molar-refractivity contribution in [1.82, 2.24) is 10.2 Å². The highest BCUT2D eigenvalue weighted by molar-refractivity contribution is 8.00. The fraction of sp³-hybridized carbons (Fsp3) is 0.226. The van der Waals surface area contributed by atoms with E-state index in [0.717, 1.165) is 29.7 Å². The van der Waals surface area contributed by atoms with Crippen LogP contribution < -0.4 is 14.4 Å². The van der Waals surface area contributed by atoms with E-state index in [2.05, 4.69) is 17.1 Å². The molecule has 43 heavy (non-hydrogen) atoms. The molecule has 2 heterocycles. The van der Waals surface area contributed by atoms with E-state index in [1.807, 2.05) is 12.1 Å². The number of amides is 1. The summed E-state index contributed by atoms with van der Waals surface area (Å²) in [6.45, 7) is 2.55. The van der Waals surface area contributed by atoms with Crippen LogP contribution in [0.5, 0.6) is 11.5 Å². The normalized spacial score (nSPS) is 16.1. The van der Waals surface area contributed by atoms with Gasteiger partial charge in [0, 0.05) is 16.3 Å². The van der Waals surface area contributed by atoms with E-state index < -0.39 is 29.3 Å². The second-order valence-electron chi connectivity index (χ2n) is 9.55. The van der Waals surface area contributed by atoms with Crippen LogP contribution in [0.2, 0.25) is 5.02 Å². The monoisotopic (exact) mass is 639 g/mol. The van der Waals surface area contributed by atoms with Gasteiger partial charge in [0.15, 0.2) is 15.8 Å². The predicted molar refractivity (Wildman–Crippen MR) is 166 cm³/mol. The number of ether oxygens (including phenoxy) is 2.